The van der Waals surface area contributed by atoms with E-state index in [4.69, 9.17) is 11.6 Å². The molecule has 0 saturated carbocycles. The first-order chi connectivity index (χ1) is 9.61. The van der Waals surface area contributed by atoms with Crippen molar-refractivity contribution < 1.29 is 9.90 Å². The van der Waals surface area contributed by atoms with Crippen molar-refractivity contribution in [2.75, 3.05) is 6.61 Å². The molecule has 0 spiro atoms. The number of amides is 1. The van der Waals surface area contributed by atoms with E-state index in [0.29, 0.717) is 15.1 Å². The lowest BCUT2D eigenvalue weighted by Crippen LogP contribution is -2.30. The highest BCUT2D eigenvalue weighted by Gasteiger charge is 2.15. The Bertz CT molecular complexity index is 604. The van der Waals surface area contributed by atoms with E-state index in [-0.39, 0.29) is 12.5 Å². The van der Waals surface area contributed by atoms with Crippen LogP contribution in [0.4, 0.5) is 0 Å². The number of benzene rings is 2. The first kappa shape index (κ1) is 15.0. The number of carbonyl (C=O) groups excluding carboxylic acids is 1. The van der Waals surface area contributed by atoms with Gasteiger partial charge in [0.15, 0.2) is 0 Å². The highest BCUT2D eigenvalue weighted by molar-refractivity contribution is 9.10. The first-order valence-corrected chi connectivity index (χ1v) is 7.20. The quantitative estimate of drug-likeness (QED) is 0.882. The lowest BCUT2D eigenvalue weighted by atomic mass is 10.1. The molecule has 2 aromatic carbocycles. The minimum absolute atomic E-state index is 0.162. The monoisotopic (exact) mass is 353 g/mol. The maximum Gasteiger partial charge on any atom is 0.251 e. The molecule has 0 aliphatic carbocycles. The largest absolute Gasteiger partial charge is 0.394 e. The van der Waals surface area contributed by atoms with Gasteiger partial charge in [0.25, 0.3) is 5.91 Å². The van der Waals surface area contributed by atoms with E-state index < -0.39 is 6.04 Å². The highest BCUT2D eigenvalue weighted by atomic mass is 79.9. The average Bonchev–Trinajstić information content (AvgIpc) is 2.48. The summed E-state index contributed by atoms with van der Waals surface area (Å²) in [7, 11) is 0. The van der Waals surface area contributed by atoms with Gasteiger partial charge in [0.2, 0.25) is 0 Å². The van der Waals surface area contributed by atoms with E-state index in [9.17, 15) is 9.90 Å². The zero-order valence-electron chi connectivity index (χ0n) is 10.5. The number of rotatable bonds is 4. The van der Waals surface area contributed by atoms with Gasteiger partial charge in [0, 0.05) is 10.0 Å². The summed E-state index contributed by atoms with van der Waals surface area (Å²) >= 11 is 9.18. The molecule has 20 heavy (non-hydrogen) atoms. The number of aliphatic hydroxyl groups is 1. The molecule has 0 aliphatic rings. The SMILES string of the molecule is O=C(NC(CO)c1ccccc1)c1ccc(Cl)c(Br)c1. The molecule has 0 heterocycles. The molecule has 3 nitrogen and oxygen atoms in total. The van der Waals surface area contributed by atoms with Gasteiger partial charge in [-0.1, -0.05) is 41.9 Å². The third-order valence-electron chi connectivity index (χ3n) is 2.87. The van der Waals surface area contributed by atoms with E-state index in [1.165, 1.54) is 0 Å². The van der Waals surface area contributed by atoms with Gasteiger partial charge in [-0.3, -0.25) is 4.79 Å². The summed E-state index contributed by atoms with van der Waals surface area (Å²) in [6.45, 7) is -0.162. The molecule has 0 fully saturated rings. The van der Waals surface area contributed by atoms with Crippen LogP contribution in [-0.2, 0) is 0 Å². The maximum atomic E-state index is 12.2. The van der Waals surface area contributed by atoms with Gasteiger partial charge < -0.3 is 10.4 Å². The first-order valence-electron chi connectivity index (χ1n) is 6.03. The number of hydrogen-bond donors (Lipinski definition) is 2. The lowest BCUT2D eigenvalue weighted by Gasteiger charge is -2.17. The number of carbonyl (C=O) groups is 1. The molecular weight excluding hydrogens is 342 g/mol. The number of hydrogen-bond acceptors (Lipinski definition) is 2. The number of nitrogens with one attached hydrogen (secondary N) is 1. The Morgan fingerprint density at radius 2 is 1.95 bits per heavy atom. The van der Waals surface area contributed by atoms with Crippen LogP contribution in [0.25, 0.3) is 0 Å². The Morgan fingerprint density at radius 3 is 2.55 bits per heavy atom. The van der Waals surface area contributed by atoms with Crippen LogP contribution in [0.3, 0.4) is 0 Å². The van der Waals surface area contributed by atoms with Crippen molar-refractivity contribution >= 4 is 33.4 Å². The fraction of sp³-hybridized carbons (Fsp3) is 0.133. The Labute approximate surface area is 130 Å². The van der Waals surface area contributed by atoms with Crippen LogP contribution >= 0.6 is 27.5 Å². The highest BCUT2D eigenvalue weighted by Crippen LogP contribution is 2.23. The fourth-order valence-corrected chi connectivity index (χ4v) is 2.30. The van der Waals surface area contributed by atoms with E-state index >= 15 is 0 Å². The molecule has 1 amide bonds. The summed E-state index contributed by atoms with van der Waals surface area (Å²) in [6.07, 6.45) is 0. The fourth-order valence-electron chi connectivity index (χ4n) is 1.80. The topological polar surface area (TPSA) is 49.3 Å². The second-order valence-corrected chi connectivity index (χ2v) is 5.51. The van der Waals surface area contributed by atoms with E-state index in [1.807, 2.05) is 30.3 Å². The molecule has 2 aromatic rings. The molecule has 1 unspecified atom stereocenters. The van der Waals surface area contributed by atoms with Gasteiger partial charge >= 0.3 is 0 Å². The molecule has 0 bridgehead atoms. The molecule has 0 radical (unpaired) electrons. The van der Waals surface area contributed by atoms with Gasteiger partial charge in [0.05, 0.1) is 17.7 Å². The summed E-state index contributed by atoms with van der Waals surface area (Å²) < 4.78 is 0.659. The second kappa shape index (κ2) is 6.88. The van der Waals surface area contributed by atoms with Crippen molar-refractivity contribution in [2.45, 2.75) is 6.04 Å². The Balaban J connectivity index is 2.15. The van der Waals surface area contributed by atoms with Gasteiger partial charge in [-0.05, 0) is 39.7 Å². The summed E-state index contributed by atoms with van der Waals surface area (Å²) in [5.74, 6) is -0.259. The predicted octanol–water partition coefficient (Wildman–Crippen LogP) is 3.57. The van der Waals surface area contributed by atoms with Gasteiger partial charge in [-0.25, -0.2) is 0 Å². The molecule has 2 N–H and O–H groups in total. The Kier molecular flexibility index (Phi) is 5.17. The third kappa shape index (κ3) is 3.60. The smallest absolute Gasteiger partial charge is 0.251 e. The zero-order valence-corrected chi connectivity index (χ0v) is 12.9. The van der Waals surface area contributed by atoms with Gasteiger partial charge in [0.1, 0.15) is 0 Å². The summed E-state index contributed by atoms with van der Waals surface area (Å²) in [5, 5.41) is 12.8. The lowest BCUT2D eigenvalue weighted by molar-refractivity contribution is 0.0916. The molecular formula is C15H13BrClNO2. The van der Waals surface area contributed by atoms with Crippen LogP contribution in [0.15, 0.2) is 53.0 Å². The molecule has 1 atom stereocenters. The molecule has 5 heteroatoms. The normalized spacial score (nSPS) is 11.9. The third-order valence-corrected chi connectivity index (χ3v) is 4.09. The van der Waals surface area contributed by atoms with Crippen molar-refractivity contribution in [3.05, 3.63) is 69.2 Å². The summed E-state index contributed by atoms with van der Waals surface area (Å²) in [4.78, 5) is 12.2. The molecule has 104 valence electrons. The van der Waals surface area contributed by atoms with Crippen LogP contribution in [0, 0.1) is 0 Å². The molecule has 0 aromatic heterocycles. The Morgan fingerprint density at radius 1 is 1.25 bits per heavy atom. The van der Waals surface area contributed by atoms with Crippen LogP contribution in [-0.4, -0.2) is 17.6 Å². The molecule has 2 rings (SSSR count). The second-order valence-electron chi connectivity index (χ2n) is 4.25. The maximum absolute atomic E-state index is 12.2. The summed E-state index contributed by atoms with van der Waals surface area (Å²) in [5.41, 5.74) is 1.34. The minimum Gasteiger partial charge on any atom is -0.394 e. The van der Waals surface area contributed by atoms with Gasteiger partial charge in [-0.2, -0.15) is 0 Å². The van der Waals surface area contributed by atoms with Crippen molar-refractivity contribution in [3.8, 4) is 0 Å². The van der Waals surface area contributed by atoms with Crippen LogP contribution in [0.5, 0.6) is 0 Å². The van der Waals surface area contributed by atoms with E-state index in [2.05, 4.69) is 21.2 Å². The number of aliphatic hydroxyl groups excluding tert-OH is 1. The van der Waals surface area contributed by atoms with Crippen LogP contribution < -0.4 is 5.32 Å². The standard InChI is InChI=1S/C15H13BrClNO2/c16-12-8-11(6-7-13(12)17)15(20)18-14(9-19)10-4-2-1-3-5-10/h1-8,14,19H,9H2,(H,18,20). The van der Waals surface area contributed by atoms with E-state index in [0.717, 1.165) is 5.56 Å². The van der Waals surface area contributed by atoms with Gasteiger partial charge in [-0.15, -0.1) is 0 Å². The minimum atomic E-state index is -0.432. The predicted molar refractivity (Wildman–Crippen MR) is 82.9 cm³/mol. The van der Waals surface area contributed by atoms with Crippen molar-refractivity contribution in [1.82, 2.24) is 5.32 Å². The molecule has 0 saturated heterocycles. The van der Waals surface area contributed by atoms with Crippen molar-refractivity contribution in [2.24, 2.45) is 0 Å². The van der Waals surface area contributed by atoms with Crippen molar-refractivity contribution in [3.63, 3.8) is 0 Å². The average molecular weight is 355 g/mol. The summed E-state index contributed by atoms with van der Waals surface area (Å²) in [6, 6.07) is 13.8. The number of halogens is 2. The van der Waals surface area contributed by atoms with Crippen molar-refractivity contribution in [1.29, 1.82) is 0 Å². The zero-order chi connectivity index (χ0) is 14.5. The van der Waals surface area contributed by atoms with Crippen LogP contribution in [0.2, 0.25) is 5.02 Å². The molecule has 0 aliphatic heterocycles. The van der Waals surface area contributed by atoms with Crippen LogP contribution in [0.1, 0.15) is 22.0 Å². The van der Waals surface area contributed by atoms with E-state index in [1.54, 1.807) is 18.2 Å². The Hall–Kier alpha value is -1.36.